The van der Waals surface area contributed by atoms with Gasteiger partial charge in [0, 0.05) is 29.2 Å². The number of methoxy groups -OCH3 is 1. The number of nitrogens with zero attached hydrogens (tertiary/aromatic N) is 1. The van der Waals surface area contributed by atoms with Crippen molar-refractivity contribution in [2.45, 2.75) is 40.2 Å². The third kappa shape index (κ3) is 6.06. The summed E-state index contributed by atoms with van der Waals surface area (Å²) in [5.74, 6) is 0.173. The molecule has 3 rings (SSSR count). The maximum Gasteiger partial charge on any atom is 0.412 e. The van der Waals surface area contributed by atoms with Gasteiger partial charge in [-0.05, 0) is 69.0 Å². The molecule has 182 valence electrons. The van der Waals surface area contributed by atoms with Crippen molar-refractivity contribution in [1.82, 2.24) is 4.98 Å². The van der Waals surface area contributed by atoms with Crippen molar-refractivity contribution in [2.75, 3.05) is 17.7 Å². The average molecular weight is 474 g/mol. The lowest BCUT2D eigenvalue weighted by atomic mass is 9.94. The maximum atomic E-state index is 12.9. The predicted octanol–water partition coefficient (Wildman–Crippen LogP) is 6.62. The van der Waals surface area contributed by atoms with Crippen LogP contribution in [-0.2, 0) is 4.74 Å². The number of hydrogen-bond donors (Lipinski definition) is 2. The lowest BCUT2D eigenvalue weighted by molar-refractivity contribution is 0.0635. The van der Waals surface area contributed by atoms with Crippen LogP contribution < -0.4 is 15.4 Å². The largest absolute Gasteiger partial charge is 0.496 e. The van der Waals surface area contributed by atoms with Crippen molar-refractivity contribution in [3.05, 3.63) is 77.6 Å². The van der Waals surface area contributed by atoms with E-state index in [0.717, 1.165) is 22.3 Å². The predicted molar refractivity (Wildman–Crippen MR) is 140 cm³/mol. The lowest BCUT2D eigenvalue weighted by Crippen LogP contribution is -2.27. The van der Waals surface area contributed by atoms with Gasteiger partial charge in [0.15, 0.2) is 0 Å². The van der Waals surface area contributed by atoms with Crippen LogP contribution in [0.25, 0.3) is 17.2 Å². The van der Waals surface area contributed by atoms with Crippen LogP contribution in [0.5, 0.6) is 5.75 Å². The van der Waals surface area contributed by atoms with Crippen LogP contribution in [0.4, 0.5) is 16.2 Å². The molecule has 0 atom stereocenters. The molecule has 0 spiro atoms. The number of pyridine rings is 1. The molecule has 0 radical (unpaired) electrons. The molecule has 2 amide bonds. The second-order valence-corrected chi connectivity index (χ2v) is 9.05. The van der Waals surface area contributed by atoms with E-state index < -0.39 is 11.7 Å². The van der Waals surface area contributed by atoms with Crippen LogP contribution in [0, 0.1) is 13.8 Å². The van der Waals surface area contributed by atoms with E-state index >= 15 is 0 Å². The Morgan fingerprint density at radius 2 is 1.54 bits per heavy atom. The number of amides is 2. The van der Waals surface area contributed by atoms with Gasteiger partial charge in [-0.3, -0.25) is 15.1 Å². The summed E-state index contributed by atoms with van der Waals surface area (Å²) in [7, 11) is 1.53. The highest BCUT2D eigenvalue weighted by Crippen LogP contribution is 2.34. The molecule has 0 saturated heterocycles. The standard InChI is InChI=1S/C28H31N3O4/c1-8-19-16-29-24(15-25(19)34-7)26(32)30-22-13-9-11-20(17(22)2)21-12-10-14-23(18(21)3)31-27(33)35-28(4,5)6/h8-16H,1H2,2-7H3,(H,30,32)(H,31,33). The fourth-order valence-corrected chi connectivity index (χ4v) is 3.63. The molecule has 2 aromatic carbocycles. The van der Waals surface area contributed by atoms with Gasteiger partial charge in [0.2, 0.25) is 0 Å². The minimum absolute atomic E-state index is 0.233. The summed E-state index contributed by atoms with van der Waals surface area (Å²) >= 11 is 0. The summed E-state index contributed by atoms with van der Waals surface area (Å²) in [5.41, 5.74) is 5.29. The zero-order valence-electron chi connectivity index (χ0n) is 21.0. The van der Waals surface area contributed by atoms with Crippen molar-refractivity contribution in [3.8, 4) is 16.9 Å². The Balaban J connectivity index is 1.89. The van der Waals surface area contributed by atoms with Gasteiger partial charge in [-0.25, -0.2) is 4.79 Å². The monoisotopic (exact) mass is 473 g/mol. The molecule has 0 unspecified atom stereocenters. The highest BCUT2D eigenvalue weighted by atomic mass is 16.6. The number of carbonyl (C=O) groups is 2. The summed E-state index contributed by atoms with van der Waals surface area (Å²) in [6, 6.07) is 13.0. The van der Waals surface area contributed by atoms with Crippen LogP contribution in [0.2, 0.25) is 0 Å². The number of nitrogens with one attached hydrogen (secondary N) is 2. The molecule has 3 aromatic rings. The number of ether oxygens (including phenoxy) is 2. The van der Waals surface area contributed by atoms with Gasteiger partial charge in [-0.2, -0.15) is 0 Å². The van der Waals surface area contributed by atoms with Crippen molar-refractivity contribution in [2.24, 2.45) is 0 Å². The first-order valence-corrected chi connectivity index (χ1v) is 11.2. The van der Waals surface area contributed by atoms with Gasteiger partial charge < -0.3 is 14.8 Å². The van der Waals surface area contributed by atoms with Gasteiger partial charge in [0.25, 0.3) is 5.91 Å². The molecular weight excluding hydrogens is 442 g/mol. The van der Waals surface area contributed by atoms with E-state index in [1.807, 2.05) is 71.0 Å². The van der Waals surface area contributed by atoms with Gasteiger partial charge >= 0.3 is 6.09 Å². The first kappa shape index (κ1) is 25.5. The molecule has 0 aliphatic rings. The highest BCUT2D eigenvalue weighted by molar-refractivity contribution is 6.04. The van der Waals surface area contributed by atoms with Gasteiger partial charge in [0.05, 0.1) is 7.11 Å². The number of hydrogen-bond acceptors (Lipinski definition) is 5. The highest BCUT2D eigenvalue weighted by Gasteiger charge is 2.19. The SMILES string of the molecule is C=Cc1cnc(C(=O)Nc2cccc(-c3cccc(NC(=O)OC(C)(C)C)c3C)c2C)cc1OC. The maximum absolute atomic E-state index is 12.9. The summed E-state index contributed by atoms with van der Waals surface area (Å²) in [6.07, 6.45) is 2.66. The quantitative estimate of drug-likeness (QED) is 0.420. The zero-order chi connectivity index (χ0) is 25.8. The average Bonchev–Trinajstić information content (AvgIpc) is 2.80. The molecule has 35 heavy (non-hydrogen) atoms. The fraction of sp³-hybridized carbons (Fsp3) is 0.250. The van der Waals surface area contributed by atoms with Crippen molar-refractivity contribution < 1.29 is 19.1 Å². The first-order chi connectivity index (χ1) is 16.5. The summed E-state index contributed by atoms with van der Waals surface area (Å²) in [6.45, 7) is 13.1. The number of aromatic nitrogens is 1. The van der Waals surface area contributed by atoms with E-state index in [4.69, 9.17) is 9.47 Å². The van der Waals surface area contributed by atoms with Crippen LogP contribution in [0.3, 0.4) is 0 Å². The fourth-order valence-electron chi connectivity index (χ4n) is 3.63. The summed E-state index contributed by atoms with van der Waals surface area (Å²) < 4.78 is 10.7. The minimum atomic E-state index is -0.594. The lowest BCUT2D eigenvalue weighted by Gasteiger charge is -2.21. The van der Waals surface area contributed by atoms with Crippen LogP contribution >= 0.6 is 0 Å². The van der Waals surface area contributed by atoms with Crippen molar-refractivity contribution >= 4 is 29.5 Å². The number of carbonyl (C=O) groups excluding carboxylic acids is 2. The third-order valence-corrected chi connectivity index (χ3v) is 5.41. The number of benzene rings is 2. The van der Waals surface area contributed by atoms with Crippen LogP contribution in [0.15, 0.2) is 55.2 Å². The topological polar surface area (TPSA) is 89.6 Å². The Morgan fingerprint density at radius 1 is 0.971 bits per heavy atom. The minimum Gasteiger partial charge on any atom is -0.496 e. The smallest absolute Gasteiger partial charge is 0.412 e. The van der Waals surface area contributed by atoms with E-state index in [1.54, 1.807) is 18.3 Å². The van der Waals surface area contributed by atoms with Crippen molar-refractivity contribution in [1.29, 1.82) is 0 Å². The van der Waals surface area contributed by atoms with E-state index in [-0.39, 0.29) is 11.6 Å². The summed E-state index contributed by atoms with van der Waals surface area (Å²) in [4.78, 5) is 29.4. The van der Waals surface area contributed by atoms with E-state index in [9.17, 15) is 9.59 Å². The molecule has 0 fully saturated rings. The molecule has 7 heteroatoms. The second-order valence-electron chi connectivity index (χ2n) is 9.05. The zero-order valence-corrected chi connectivity index (χ0v) is 21.0. The first-order valence-electron chi connectivity index (χ1n) is 11.2. The van der Waals surface area contributed by atoms with Gasteiger partial charge in [0.1, 0.15) is 17.0 Å². The van der Waals surface area contributed by atoms with Gasteiger partial charge in [-0.15, -0.1) is 0 Å². The van der Waals surface area contributed by atoms with Crippen LogP contribution in [-0.4, -0.2) is 29.7 Å². The Bertz CT molecular complexity index is 1280. The molecular formula is C28H31N3O4. The molecule has 0 aliphatic carbocycles. The molecule has 1 aromatic heterocycles. The second kappa shape index (κ2) is 10.4. The van der Waals surface area contributed by atoms with Crippen LogP contribution in [0.1, 0.15) is 48.0 Å². The van der Waals surface area contributed by atoms with Crippen molar-refractivity contribution in [3.63, 3.8) is 0 Å². The Labute approximate surface area is 206 Å². The number of anilines is 2. The Morgan fingerprint density at radius 3 is 2.06 bits per heavy atom. The van der Waals surface area contributed by atoms with Gasteiger partial charge in [-0.1, -0.05) is 36.9 Å². The molecule has 0 bridgehead atoms. The number of rotatable bonds is 6. The molecule has 1 heterocycles. The summed E-state index contributed by atoms with van der Waals surface area (Å²) in [5, 5.41) is 5.77. The Kier molecular flexibility index (Phi) is 7.59. The molecule has 7 nitrogen and oxygen atoms in total. The Hall–Kier alpha value is -4.13. The molecule has 2 N–H and O–H groups in total. The third-order valence-electron chi connectivity index (χ3n) is 5.41. The molecule has 0 aliphatic heterocycles. The molecule has 0 saturated carbocycles. The normalized spacial score (nSPS) is 10.9. The van der Waals surface area contributed by atoms with E-state index in [0.29, 0.717) is 22.7 Å². The van der Waals surface area contributed by atoms with E-state index in [1.165, 1.54) is 7.11 Å². The van der Waals surface area contributed by atoms with E-state index in [2.05, 4.69) is 22.2 Å².